The van der Waals surface area contributed by atoms with Crippen molar-refractivity contribution >= 4 is 0 Å². The lowest BCUT2D eigenvalue weighted by atomic mass is 10.0. The van der Waals surface area contributed by atoms with Crippen LogP contribution in [0.1, 0.15) is 31.0 Å². The number of ether oxygens (including phenoxy) is 1. The monoisotopic (exact) mass is 205 g/mol. The molecule has 0 aromatic heterocycles. The van der Waals surface area contributed by atoms with Gasteiger partial charge in [-0.15, -0.1) is 0 Å². The van der Waals surface area contributed by atoms with Crippen LogP contribution in [0.3, 0.4) is 0 Å². The van der Waals surface area contributed by atoms with Crippen molar-refractivity contribution in [1.82, 2.24) is 0 Å². The standard InChI is InChI=1S/C13H19NO/c1-9(2)7-12(14)11-6-5-10(3)13(8-11)15-4/h5-8,12H,14H2,1-4H3. The second-order valence-electron chi connectivity index (χ2n) is 4.00. The maximum atomic E-state index is 6.04. The van der Waals surface area contributed by atoms with Crippen LogP contribution in [0.2, 0.25) is 0 Å². The number of nitrogens with two attached hydrogens (primary N) is 1. The summed E-state index contributed by atoms with van der Waals surface area (Å²) in [4.78, 5) is 0. The fourth-order valence-electron chi connectivity index (χ4n) is 1.50. The normalized spacial score (nSPS) is 12.1. The SMILES string of the molecule is COc1cc(C(N)C=C(C)C)ccc1C. The molecule has 0 heterocycles. The number of hydrogen-bond donors (Lipinski definition) is 1. The molecule has 0 saturated carbocycles. The first kappa shape index (κ1) is 11.8. The highest BCUT2D eigenvalue weighted by molar-refractivity contribution is 5.39. The average molecular weight is 205 g/mol. The van der Waals surface area contributed by atoms with E-state index < -0.39 is 0 Å². The summed E-state index contributed by atoms with van der Waals surface area (Å²) in [5.41, 5.74) is 9.47. The molecule has 0 bridgehead atoms. The van der Waals surface area contributed by atoms with Crippen molar-refractivity contribution in [1.29, 1.82) is 0 Å². The van der Waals surface area contributed by atoms with Gasteiger partial charge in [0.25, 0.3) is 0 Å². The number of methoxy groups -OCH3 is 1. The van der Waals surface area contributed by atoms with Gasteiger partial charge < -0.3 is 10.5 Å². The minimum atomic E-state index is -0.0514. The first-order valence-corrected chi connectivity index (χ1v) is 5.09. The maximum Gasteiger partial charge on any atom is 0.122 e. The third kappa shape index (κ3) is 3.10. The molecule has 82 valence electrons. The van der Waals surface area contributed by atoms with Crippen LogP contribution in [0.5, 0.6) is 5.75 Å². The molecule has 1 aromatic carbocycles. The summed E-state index contributed by atoms with van der Waals surface area (Å²) >= 11 is 0. The van der Waals surface area contributed by atoms with Crippen LogP contribution < -0.4 is 10.5 Å². The summed E-state index contributed by atoms with van der Waals surface area (Å²) < 4.78 is 5.26. The Morgan fingerprint density at radius 2 is 2.07 bits per heavy atom. The first-order chi connectivity index (χ1) is 7.04. The Morgan fingerprint density at radius 3 is 2.60 bits per heavy atom. The van der Waals surface area contributed by atoms with Gasteiger partial charge in [-0.05, 0) is 38.0 Å². The zero-order chi connectivity index (χ0) is 11.4. The molecule has 1 aromatic rings. The summed E-state index contributed by atoms with van der Waals surface area (Å²) in [5.74, 6) is 0.894. The lowest BCUT2D eigenvalue weighted by Crippen LogP contribution is -2.07. The molecule has 0 spiro atoms. The molecule has 1 unspecified atom stereocenters. The Balaban J connectivity index is 3.00. The Labute approximate surface area is 91.7 Å². The Morgan fingerprint density at radius 1 is 1.40 bits per heavy atom. The largest absolute Gasteiger partial charge is 0.496 e. The Kier molecular flexibility index (Phi) is 3.92. The van der Waals surface area contributed by atoms with Crippen molar-refractivity contribution < 1.29 is 4.74 Å². The van der Waals surface area contributed by atoms with Gasteiger partial charge in [-0.3, -0.25) is 0 Å². The highest BCUT2D eigenvalue weighted by atomic mass is 16.5. The van der Waals surface area contributed by atoms with Crippen molar-refractivity contribution in [3.8, 4) is 5.75 Å². The van der Waals surface area contributed by atoms with E-state index in [2.05, 4.69) is 0 Å². The van der Waals surface area contributed by atoms with Crippen molar-refractivity contribution in [2.24, 2.45) is 5.73 Å². The minimum absolute atomic E-state index is 0.0514. The number of benzene rings is 1. The fraction of sp³-hybridized carbons (Fsp3) is 0.385. The summed E-state index contributed by atoms with van der Waals surface area (Å²) in [7, 11) is 1.68. The maximum absolute atomic E-state index is 6.04. The molecule has 2 nitrogen and oxygen atoms in total. The van der Waals surface area contributed by atoms with Crippen molar-refractivity contribution in [3.63, 3.8) is 0 Å². The second-order valence-corrected chi connectivity index (χ2v) is 4.00. The summed E-state index contributed by atoms with van der Waals surface area (Å²) in [6, 6.07) is 6.03. The van der Waals surface area contributed by atoms with Gasteiger partial charge in [0.05, 0.1) is 7.11 Å². The molecule has 0 amide bonds. The van der Waals surface area contributed by atoms with Crippen LogP contribution in [-0.4, -0.2) is 7.11 Å². The number of rotatable bonds is 3. The molecule has 0 aliphatic carbocycles. The molecular formula is C13H19NO. The quantitative estimate of drug-likeness (QED) is 0.770. The van der Waals surface area contributed by atoms with Crippen LogP contribution >= 0.6 is 0 Å². The van der Waals surface area contributed by atoms with Crippen molar-refractivity contribution in [3.05, 3.63) is 41.0 Å². The van der Waals surface area contributed by atoms with Gasteiger partial charge in [-0.25, -0.2) is 0 Å². The molecule has 15 heavy (non-hydrogen) atoms. The van der Waals surface area contributed by atoms with E-state index in [-0.39, 0.29) is 6.04 Å². The molecule has 2 N–H and O–H groups in total. The van der Waals surface area contributed by atoms with E-state index in [9.17, 15) is 0 Å². The predicted octanol–water partition coefficient (Wildman–Crippen LogP) is 2.97. The van der Waals surface area contributed by atoms with Crippen LogP contribution in [-0.2, 0) is 0 Å². The van der Waals surface area contributed by atoms with Crippen molar-refractivity contribution in [2.75, 3.05) is 7.11 Å². The van der Waals surface area contributed by atoms with E-state index in [4.69, 9.17) is 10.5 Å². The van der Waals surface area contributed by atoms with Crippen molar-refractivity contribution in [2.45, 2.75) is 26.8 Å². The third-order valence-electron chi connectivity index (χ3n) is 2.33. The molecule has 0 aliphatic rings. The lowest BCUT2D eigenvalue weighted by Gasteiger charge is -2.11. The predicted molar refractivity (Wildman–Crippen MR) is 64.1 cm³/mol. The van der Waals surface area contributed by atoms with E-state index >= 15 is 0 Å². The summed E-state index contributed by atoms with van der Waals surface area (Å²) in [6.45, 7) is 6.12. The van der Waals surface area contributed by atoms with E-state index in [1.807, 2.05) is 45.0 Å². The highest BCUT2D eigenvalue weighted by Crippen LogP contribution is 2.23. The molecule has 1 atom stereocenters. The van der Waals surface area contributed by atoms with Gasteiger partial charge in [0.15, 0.2) is 0 Å². The Hall–Kier alpha value is -1.28. The topological polar surface area (TPSA) is 35.2 Å². The molecule has 2 heteroatoms. The van der Waals surface area contributed by atoms with Crippen LogP contribution in [0, 0.1) is 6.92 Å². The molecule has 0 radical (unpaired) electrons. The van der Waals surface area contributed by atoms with Gasteiger partial charge in [0, 0.05) is 6.04 Å². The number of hydrogen-bond acceptors (Lipinski definition) is 2. The molecule has 0 fully saturated rings. The fourth-order valence-corrected chi connectivity index (χ4v) is 1.50. The lowest BCUT2D eigenvalue weighted by molar-refractivity contribution is 0.411. The minimum Gasteiger partial charge on any atom is -0.496 e. The smallest absolute Gasteiger partial charge is 0.122 e. The summed E-state index contributed by atoms with van der Waals surface area (Å²) in [5, 5.41) is 0. The van der Waals surface area contributed by atoms with Gasteiger partial charge in [0.2, 0.25) is 0 Å². The Bertz CT molecular complexity index is 365. The van der Waals surface area contributed by atoms with E-state index in [1.54, 1.807) is 7.11 Å². The summed E-state index contributed by atoms with van der Waals surface area (Å²) in [6.07, 6.45) is 2.05. The first-order valence-electron chi connectivity index (χ1n) is 5.09. The molecular weight excluding hydrogens is 186 g/mol. The van der Waals surface area contributed by atoms with Gasteiger partial charge in [-0.2, -0.15) is 0 Å². The molecule has 0 saturated heterocycles. The zero-order valence-corrected chi connectivity index (χ0v) is 9.87. The van der Waals surface area contributed by atoms with Gasteiger partial charge in [0.1, 0.15) is 5.75 Å². The van der Waals surface area contributed by atoms with E-state index in [0.29, 0.717) is 0 Å². The van der Waals surface area contributed by atoms with E-state index in [1.165, 1.54) is 5.57 Å². The van der Waals surface area contributed by atoms with Gasteiger partial charge in [-0.1, -0.05) is 23.8 Å². The number of aryl methyl sites for hydroxylation is 1. The zero-order valence-electron chi connectivity index (χ0n) is 9.87. The second kappa shape index (κ2) is 4.99. The van der Waals surface area contributed by atoms with Crippen LogP contribution in [0.4, 0.5) is 0 Å². The van der Waals surface area contributed by atoms with Gasteiger partial charge >= 0.3 is 0 Å². The van der Waals surface area contributed by atoms with Crippen LogP contribution in [0.15, 0.2) is 29.8 Å². The number of allylic oxidation sites excluding steroid dienone is 1. The average Bonchev–Trinajstić information content (AvgIpc) is 2.17. The molecule has 1 rings (SSSR count). The van der Waals surface area contributed by atoms with Crippen LogP contribution in [0.25, 0.3) is 0 Å². The third-order valence-corrected chi connectivity index (χ3v) is 2.33. The van der Waals surface area contributed by atoms with E-state index in [0.717, 1.165) is 16.9 Å². The molecule has 0 aliphatic heterocycles. The highest BCUT2D eigenvalue weighted by Gasteiger charge is 2.05.